The van der Waals surface area contributed by atoms with Gasteiger partial charge in [-0.2, -0.15) is 0 Å². The lowest BCUT2D eigenvalue weighted by Gasteiger charge is -2.15. The van der Waals surface area contributed by atoms with Gasteiger partial charge in [-0.25, -0.2) is 0 Å². The molecule has 0 spiro atoms. The number of benzene rings is 2. The molecule has 0 radical (unpaired) electrons. The Morgan fingerprint density at radius 2 is 1.82 bits per heavy atom. The molecule has 3 N–H and O–H groups in total. The van der Waals surface area contributed by atoms with Gasteiger partial charge in [0.15, 0.2) is 11.5 Å². The number of aromatic hydroxyl groups is 2. The number of phenols is 2. The van der Waals surface area contributed by atoms with Crippen LogP contribution in [0, 0.1) is 0 Å². The van der Waals surface area contributed by atoms with Crippen molar-refractivity contribution in [1.82, 2.24) is 0 Å². The summed E-state index contributed by atoms with van der Waals surface area (Å²) in [5.74, 6) is -1.78. The third-order valence-corrected chi connectivity index (χ3v) is 3.82. The topological polar surface area (TPSA) is 87.0 Å². The van der Waals surface area contributed by atoms with Crippen molar-refractivity contribution in [3.63, 3.8) is 0 Å². The summed E-state index contributed by atoms with van der Waals surface area (Å²) in [4.78, 5) is 11.5. The van der Waals surface area contributed by atoms with E-state index >= 15 is 0 Å². The van der Waals surface area contributed by atoms with Gasteiger partial charge in [-0.15, -0.1) is 0 Å². The number of carboxylic acids is 1. The monoisotopic (exact) mass is 322 g/mol. The summed E-state index contributed by atoms with van der Waals surface area (Å²) in [5, 5.41) is 28.7. The van der Waals surface area contributed by atoms with Gasteiger partial charge in [-0.3, -0.25) is 4.79 Å². The Bertz CT molecular complexity index is 682. The Labute approximate surface area is 132 Å². The highest BCUT2D eigenvalue weighted by molar-refractivity contribution is 6.33. The molecule has 0 heterocycles. The zero-order chi connectivity index (χ0) is 16.3. The molecule has 5 nitrogen and oxygen atoms in total. The first-order chi connectivity index (χ1) is 10.4. The van der Waals surface area contributed by atoms with Crippen molar-refractivity contribution in [3.8, 4) is 17.2 Å². The summed E-state index contributed by atoms with van der Waals surface area (Å²) in [6, 6.07) is 9.11. The highest BCUT2D eigenvalue weighted by atomic mass is 35.5. The average Bonchev–Trinajstić information content (AvgIpc) is 2.50. The minimum atomic E-state index is -1.02. The van der Waals surface area contributed by atoms with Crippen LogP contribution >= 0.6 is 11.6 Å². The molecule has 0 aromatic heterocycles. The third-order valence-electron chi connectivity index (χ3n) is 3.40. The molecule has 6 heteroatoms. The van der Waals surface area contributed by atoms with Crippen molar-refractivity contribution >= 4 is 17.6 Å². The van der Waals surface area contributed by atoms with Crippen LogP contribution < -0.4 is 4.74 Å². The molecule has 116 valence electrons. The SMILES string of the molecule is COc1ccc(CC(C(=O)O)c2ccc(O)cc2)c(Cl)c1O. The van der Waals surface area contributed by atoms with E-state index < -0.39 is 11.9 Å². The van der Waals surface area contributed by atoms with Crippen LogP contribution in [0.3, 0.4) is 0 Å². The molecule has 0 amide bonds. The Morgan fingerprint density at radius 1 is 1.18 bits per heavy atom. The Kier molecular flexibility index (Phi) is 4.78. The molecule has 0 fully saturated rings. The first-order valence-electron chi connectivity index (χ1n) is 6.50. The van der Waals surface area contributed by atoms with Gasteiger partial charge in [-0.05, 0) is 35.7 Å². The molecule has 1 atom stereocenters. The number of rotatable bonds is 5. The van der Waals surface area contributed by atoms with Gasteiger partial charge in [0.1, 0.15) is 5.75 Å². The van der Waals surface area contributed by atoms with E-state index in [1.165, 1.54) is 25.3 Å². The van der Waals surface area contributed by atoms with Crippen molar-refractivity contribution in [2.45, 2.75) is 12.3 Å². The van der Waals surface area contributed by atoms with E-state index in [1.807, 2.05) is 0 Å². The molecule has 2 rings (SSSR count). The fraction of sp³-hybridized carbons (Fsp3) is 0.188. The number of methoxy groups -OCH3 is 1. The number of halogens is 1. The summed E-state index contributed by atoms with van der Waals surface area (Å²) >= 11 is 6.08. The smallest absolute Gasteiger partial charge is 0.311 e. The second-order valence-electron chi connectivity index (χ2n) is 4.78. The minimum Gasteiger partial charge on any atom is -0.508 e. The minimum absolute atomic E-state index is 0.0630. The van der Waals surface area contributed by atoms with Crippen LogP contribution in [0.25, 0.3) is 0 Å². The van der Waals surface area contributed by atoms with Crippen molar-refractivity contribution in [2.24, 2.45) is 0 Å². The van der Waals surface area contributed by atoms with Crippen molar-refractivity contribution in [2.75, 3.05) is 7.11 Å². The van der Waals surface area contributed by atoms with Crippen LogP contribution in [0.15, 0.2) is 36.4 Å². The van der Waals surface area contributed by atoms with Gasteiger partial charge in [-0.1, -0.05) is 29.8 Å². The molecule has 0 saturated carbocycles. The average molecular weight is 323 g/mol. The summed E-state index contributed by atoms with van der Waals surface area (Å²) < 4.78 is 4.95. The summed E-state index contributed by atoms with van der Waals surface area (Å²) in [5.41, 5.74) is 1.04. The predicted molar refractivity (Wildman–Crippen MR) is 81.9 cm³/mol. The Morgan fingerprint density at radius 3 is 2.36 bits per heavy atom. The predicted octanol–water partition coefficient (Wildman–Crippen LogP) is 3.17. The second kappa shape index (κ2) is 6.58. The number of hydrogen-bond donors (Lipinski definition) is 3. The molecule has 2 aromatic carbocycles. The fourth-order valence-corrected chi connectivity index (χ4v) is 2.42. The molecule has 0 aliphatic rings. The van der Waals surface area contributed by atoms with Gasteiger partial charge in [0.05, 0.1) is 18.1 Å². The normalized spacial score (nSPS) is 11.9. The van der Waals surface area contributed by atoms with Gasteiger partial charge >= 0.3 is 5.97 Å². The Balaban J connectivity index is 2.35. The van der Waals surface area contributed by atoms with E-state index in [2.05, 4.69) is 0 Å². The molecule has 22 heavy (non-hydrogen) atoms. The van der Waals surface area contributed by atoms with E-state index in [0.717, 1.165) is 0 Å². The maximum Gasteiger partial charge on any atom is 0.311 e. The number of hydrogen-bond acceptors (Lipinski definition) is 4. The first-order valence-corrected chi connectivity index (χ1v) is 6.88. The summed E-state index contributed by atoms with van der Waals surface area (Å²) in [7, 11) is 1.40. The van der Waals surface area contributed by atoms with Gasteiger partial charge in [0, 0.05) is 0 Å². The molecule has 1 unspecified atom stereocenters. The highest BCUT2D eigenvalue weighted by Crippen LogP contribution is 2.38. The molecule has 0 aliphatic heterocycles. The lowest BCUT2D eigenvalue weighted by atomic mass is 9.92. The number of ether oxygens (including phenoxy) is 1. The largest absolute Gasteiger partial charge is 0.508 e. The van der Waals surface area contributed by atoms with Crippen molar-refractivity contribution in [3.05, 3.63) is 52.5 Å². The van der Waals surface area contributed by atoms with E-state index in [0.29, 0.717) is 11.1 Å². The molecule has 2 aromatic rings. The van der Waals surface area contributed by atoms with Crippen molar-refractivity contribution in [1.29, 1.82) is 0 Å². The molecular formula is C16H15ClO5. The van der Waals surface area contributed by atoms with Crippen LogP contribution in [0.4, 0.5) is 0 Å². The van der Waals surface area contributed by atoms with Crippen LogP contribution in [0.5, 0.6) is 17.2 Å². The quantitative estimate of drug-likeness (QED) is 0.787. The van der Waals surface area contributed by atoms with Crippen LogP contribution in [0.2, 0.25) is 5.02 Å². The van der Waals surface area contributed by atoms with Gasteiger partial charge < -0.3 is 20.1 Å². The standard InChI is InChI=1S/C16H15ClO5/c1-22-13-7-4-10(14(17)15(13)19)8-12(16(20)21)9-2-5-11(18)6-3-9/h2-7,12,18-19H,8H2,1H3,(H,20,21). The molecule has 0 saturated heterocycles. The van der Waals surface area contributed by atoms with Crippen LogP contribution in [-0.2, 0) is 11.2 Å². The van der Waals surface area contributed by atoms with Gasteiger partial charge in [0.2, 0.25) is 0 Å². The van der Waals surface area contributed by atoms with E-state index in [1.54, 1.807) is 18.2 Å². The zero-order valence-electron chi connectivity index (χ0n) is 11.8. The van der Waals surface area contributed by atoms with Crippen molar-refractivity contribution < 1.29 is 24.9 Å². The molecular weight excluding hydrogens is 308 g/mol. The fourth-order valence-electron chi connectivity index (χ4n) is 2.19. The lowest BCUT2D eigenvalue weighted by Crippen LogP contribution is -2.14. The summed E-state index contributed by atoms with van der Waals surface area (Å²) in [6.45, 7) is 0. The second-order valence-corrected chi connectivity index (χ2v) is 5.15. The molecule has 0 bridgehead atoms. The van der Waals surface area contributed by atoms with E-state index in [-0.39, 0.29) is 28.7 Å². The number of carboxylic acid groups (broad SMARTS) is 1. The van der Waals surface area contributed by atoms with E-state index in [4.69, 9.17) is 16.3 Å². The van der Waals surface area contributed by atoms with Crippen LogP contribution in [0.1, 0.15) is 17.0 Å². The summed E-state index contributed by atoms with van der Waals surface area (Å²) in [6.07, 6.45) is 0.108. The number of aliphatic carboxylic acids is 1. The Hall–Kier alpha value is -2.40. The maximum atomic E-state index is 11.5. The molecule has 0 aliphatic carbocycles. The maximum absolute atomic E-state index is 11.5. The van der Waals surface area contributed by atoms with Gasteiger partial charge in [0.25, 0.3) is 0 Å². The first kappa shape index (κ1) is 16.0. The van der Waals surface area contributed by atoms with E-state index in [9.17, 15) is 20.1 Å². The zero-order valence-corrected chi connectivity index (χ0v) is 12.5. The van der Waals surface area contributed by atoms with Crippen LogP contribution in [-0.4, -0.2) is 28.4 Å². The number of phenolic OH excluding ortho intramolecular Hbond substituents is 2. The highest BCUT2D eigenvalue weighted by Gasteiger charge is 2.23. The number of carbonyl (C=O) groups is 1. The lowest BCUT2D eigenvalue weighted by molar-refractivity contribution is -0.138. The third kappa shape index (κ3) is 3.26.